The first-order valence-electron chi connectivity index (χ1n) is 13.1. The Kier molecular flexibility index (Phi) is 11.4. The predicted molar refractivity (Wildman–Crippen MR) is 162 cm³/mol. The van der Waals surface area contributed by atoms with Gasteiger partial charge in [0.2, 0.25) is 21.8 Å². The van der Waals surface area contributed by atoms with Crippen LogP contribution in [-0.4, -0.2) is 50.0 Å². The minimum absolute atomic E-state index is 0.0251. The molecule has 0 radical (unpaired) electrons. The highest BCUT2D eigenvalue weighted by Gasteiger charge is 2.31. The van der Waals surface area contributed by atoms with E-state index in [1.165, 1.54) is 4.31 Å². The van der Waals surface area contributed by atoms with Crippen molar-refractivity contribution in [2.24, 2.45) is 0 Å². The van der Waals surface area contributed by atoms with Gasteiger partial charge < -0.3 is 10.2 Å². The van der Waals surface area contributed by atoms with Crippen LogP contribution in [-0.2, 0) is 32.6 Å². The van der Waals surface area contributed by atoms with Crippen molar-refractivity contribution >= 4 is 50.7 Å². The number of nitrogens with zero attached hydrogens (tertiary/aromatic N) is 2. The Morgan fingerprint density at radius 2 is 1.60 bits per heavy atom. The van der Waals surface area contributed by atoms with Crippen molar-refractivity contribution in [1.29, 1.82) is 0 Å². The van der Waals surface area contributed by atoms with Crippen molar-refractivity contribution in [3.8, 4) is 0 Å². The van der Waals surface area contributed by atoms with E-state index < -0.39 is 16.1 Å². The smallest absolute Gasteiger partial charge is 0.243 e. The summed E-state index contributed by atoms with van der Waals surface area (Å²) in [6.45, 7) is 3.94. The van der Waals surface area contributed by atoms with Gasteiger partial charge in [0.05, 0.1) is 11.9 Å². The van der Waals surface area contributed by atoms with Crippen LogP contribution in [0.2, 0.25) is 10.0 Å². The van der Waals surface area contributed by atoms with Crippen LogP contribution in [0.15, 0.2) is 78.9 Å². The van der Waals surface area contributed by atoms with Gasteiger partial charge in [0.1, 0.15) is 6.04 Å². The first-order chi connectivity index (χ1) is 19.0. The number of nitrogens with one attached hydrogen (secondary N) is 1. The molecule has 10 heteroatoms. The molecule has 0 saturated carbocycles. The van der Waals surface area contributed by atoms with Crippen molar-refractivity contribution in [2.75, 3.05) is 17.1 Å². The molecule has 3 aromatic rings. The minimum atomic E-state index is -3.62. The van der Waals surface area contributed by atoms with Gasteiger partial charge in [-0.15, -0.1) is 0 Å². The van der Waals surface area contributed by atoms with Gasteiger partial charge in [-0.1, -0.05) is 77.8 Å². The first kappa shape index (κ1) is 31.5. The molecule has 2 amide bonds. The molecule has 1 N–H and O–H groups in total. The van der Waals surface area contributed by atoms with Crippen LogP contribution in [0, 0.1) is 0 Å². The molecule has 0 aliphatic rings. The predicted octanol–water partition coefficient (Wildman–Crippen LogP) is 5.70. The summed E-state index contributed by atoms with van der Waals surface area (Å²) in [6, 6.07) is 22.4. The molecular weight excluding hydrogens is 569 g/mol. The van der Waals surface area contributed by atoms with Gasteiger partial charge in [-0.3, -0.25) is 13.9 Å². The van der Waals surface area contributed by atoms with Crippen LogP contribution in [0.5, 0.6) is 0 Å². The maximum absolute atomic E-state index is 13.8. The number of halogens is 2. The highest BCUT2D eigenvalue weighted by Crippen LogP contribution is 2.24. The number of sulfonamides is 1. The van der Waals surface area contributed by atoms with Crippen molar-refractivity contribution in [1.82, 2.24) is 10.2 Å². The summed E-state index contributed by atoms with van der Waals surface area (Å²) in [5, 5.41) is 3.86. The van der Waals surface area contributed by atoms with E-state index in [-0.39, 0.29) is 43.8 Å². The Bertz CT molecular complexity index is 1400. The number of hydrogen-bond donors (Lipinski definition) is 1. The molecular formula is C30H35Cl2N3O4S. The number of carbonyl (C=O) groups excluding carboxylic acids is 2. The van der Waals surface area contributed by atoms with E-state index in [4.69, 9.17) is 23.2 Å². The van der Waals surface area contributed by atoms with Crippen LogP contribution < -0.4 is 9.62 Å². The summed E-state index contributed by atoms with van der Waals surface area (Å²) in [7, 11) is -3.62. The van der Waals surface area contributed by atoms with Gasteiger partial charge in [-0.25, -0.2) is 8.42 Å². The molecule has 3 aromatic carbocycles. The molecule has 0 aliphatic carbocycles. The maximum Gasteiger partial charge on any atom is 0.243 e. The molecule has 214 valence electrons. The summed E-state index contributed by atoms with van der Waals surface area (Å²) >= 11 is 12.5. The van der Waals surface area contributed by atoms with Crippen LogP contribution in [0.1, 0.15) is 37.8 Å². The largest absolute Gasteiger partial charge is 0.352 e. The minimum Gasteiger partial charge on any atom is -0.352 e. The van der Waals surface area contributed by atoms with Gasteiger partial charge in [0.15, 0.2) is 0 Å². The van der Waals surface area contributed by atoms with Gasteiger partial charge in [-0.05, 0) is 55.7 Å². The molecule has 0 bridgehead atoms. The van der Waals surface area contributed by atoms with E-state index in [9.17, 15) is 18.0 Å². The summed E-state index contributed by atoms with van der Waals surface area (Å²) in [4.78, 5) is 28.8. The molecule has 0 aromatic heterocycles. The maximum atomic E-state index is 13.8. The molecule has 3 rings (SSSR count). The number of anilines is 1. The quantitative estimate of drug-likeness (QED) is 0.271. The molecule has 0 fully saturated rings. The van der Waals surface area contributed by atoms with E-state index in [0.717, 1.165) is 11.8 Å². The lowest BCUT2D eigenvalue weighted by Crippen LogP contribution is -2.51. The number of carbonyl (C=O) groups is 2. The second-order valence-corrected chi connectivity index (χ2v) is 12.7. The third-order valence-electron chi connectivity index (χ3n) is 6.25. The zero-order valence-corrected chi connectivity index (χ0v) is 25.2. The third kappa shape index (κ3) is 9.25. The SMILES string of the molecule is CC(C)NC(=O)C(Cc1ccccc1)N(Cc1ccccc1Cl)C(=O)CCCN(c1cccc(Cl)c1)S(C)(=O)=O. The fourth-order valence-corrected chi connectivity index (χ4v) is 5.72. The van der Waals surface area contributed by atoms with Gasteiger partial charge in [0.25, 0.3) is 0 Å². The summed E-state index contributed by atoms with van der Waals surface area (Å²) in [5.41, 5.74) is 2.05. The molecule has 7 nitrogen and oxygen atoms in total. The normalized spacial score (nSPS) is 12.2. The third-order valence-corrected chi connectivity index (χ3v) is 8.05. The van der Waals surface area contributed by atoms with Crippen molar-refractivity contribution in [3.63, 3.8) is 0 Å². The zero-order chi connectivity index (χ0) is 29.3. The first-order valence-corrected chi connectivity index (χ1v) is 15.7. The summed E-state index contributed by atoms with van der Waals surface area (Å²) < 4.78 is 26.3. The summed E-state index contributed by atoms with van der Waals surface area (Å²) in [5.74, 6) is -0.546. The van der Waals surface area contributed by atoms with Crippen LogP contribution in [0.4, 0.5) is 5.69 Å². The fourth-order valence-electron chi connectivity index (χ4n) is 4.38. The lowest BCUT2D eigenvalue weighted by molar-refractivity contribution is -0.141. The molecule has 0 aliphatic heterocycles. The highest BCUT2D eigenvalue weighted by atomic mass is 35.5. The lowest BCUT2D eigenvalue weighted by Gasteiger charge is -2.32. The molecule has 0 saturated heterocycles. The molecule has 0 spiro atoms. The second-order valence-electron chi connectivity index (χ2n) is 9.90. The second kappa shape index (κ2) is 14.5. The molecule has 0 heterocycles. The Labute approximate surface area is 247 Å². The van der Waals surface area contributed by atoms with E-state index in [0.29, 0.717) is 27.7 Å². The van der Waals surface area contributed by atoms with Crippen molar-refractivity contribution in [3.05, 3.63) is 100 Å². The lowest BCUT2D eigenvalue weighted by atomic mass is 10.0. The van der Waals surface area contributed by atoms with Gasteiger partial charge >= 0.3 is 0 Å². The topological polar surface area (TPSA) is 86.8 Å². The van der Waals surface area contributed by atoms with E-state index in [1.807, 2.05) is 56.3 Å². The van der Waals surface area contributed by atoms with E-state index in [2.05, 4.69) is 5.32 Å². The van der Waals surface area contributed by atoms with Crippen molar-refractivity contribution in [2.45, 2.75) is 51.7 Å². The Morgan fingerprint density at radius 1 is 0.925 bits per heavy atom. The van der Waals surface area contributed by atoms with Gasteiger partial charge in [-0.2, -0.15) is 0 Å². The van der Waals surface area contributed by atoms with Crippen LogP contribution in [0.25, 0.3) is 0 Å². The average Bonchev–Trinajstić information content (AvgIpc) is 2.89. The molecule has 1 unspecified atom stereocenters. The van der Waals surface area contributed by atoms with Crippen LogP contribution in [0.3, 0.4) is 0 Å². The molecule has 40 heavy (non-hydrogen) atoms. The number of hydrogen-bond acceptors (Lipinski definition) is 4. The zero-order valence-electron chi connectivity index (χ0n) is 22.9. The number of benzene rings is 3. The summed E-state index contributed by atoms with van der Waals surface area (Å²) in [6.07, 6.45) is 1.69. The number of rotatable bonds is 13. The van der Waals surface area contributed by atoms with Crippen LogP contribution >= 0.6 is 23.2 Å². The standard InChI is InChI=1S/C30H35Cl2N3O4S/c1-22(2)33-30(37)28(19-23-11-5-4-6-12-23)34(21-24-13-7-8-16-27(24)32)29(36)17-10-18-35(40(3,38)39)26-15-9-14-25(31)20-26/h4-9,11-16,20,22,28H,10,17-19,21H2,1-3H3,(H,33,37). The highest BCUT2D eigenvalue weighted by molar-refractivity contribution is 7.92. The van der Waals surface area contributed by atoms with E-state index >= 15 is 0 Å². The Hall–Kier alpha value is -3.07. The van der Waals surface area contributed by atoms with Gasteiger partial charge in [0, 0.05) is 42.0 Å². The Morgan fingerprint density at radius 3 is 2.23 bits per heavy atom. The Balaban J connectivity index is 1.89. The fraction of sp³-hybridized carbons (Fsp3) is 0.333. The monoisotopic (exact) mass is 603 g/mol. The van der Waals surface area contributed by atoms with Crippen molar-refractivity contribution < 1.29 is 18.0 Å². The molecule has 1 atom stereocenters. The average molecular weight is 605 g/mol. The van der Waals surface area contributed by atoms with E-state index in [1.54, 1.807) is 41.3 Å². The number of amides is 2.